The van der Waals surface area contributed by atoms with Crippen LogP contribution in [0.25, 0.3) is 0 Å². The van der Waals surface area contributed by atoms with Gasteiger partial charge in [0.2, 0.25) is 5.91 Å². The quantitative estimate of drug-likeness (QED) is 0.710. The van der Waals surface area contributed by atoms with Crippen LogP contribution in [0, 0.1) is 0 Å². The number of benzene rings is 1. The smallest absolute Gasteiger partial charge is 0.240 e. The normalized spacial score (nSPS) is 23.9. The molecular weight excluding hydrogens is 272 g/mol. The molecule has 1 heterocycles. The van der Waals surface area contributed by atoms with Crippen LogP contribution in [0.2, 0.25) is 0 Å². The molecule has 3 atom stereocenters. The highest BCUT2D eigenvalue weighted by Crippen LogP contribution is 2.25. The minimum absolute atomic E-state index is 0.00242. The number of hydrogen-bond donors (Lipinski definition) is 3. The number of ether oxygens (including phenoxy) is 1. The number of nitrogens with two attached hydrogens (primary N) is 1. The number of hydrogen-bond acceptors (Lipinski definition) is 5. The van der Waals surface area contributed by atoms with Crippen LogP contribution in [-0.4, -0.2) is 52.4 Å². The van der Waals surface area contributed by atoms with Gasteiger partial charge in [-0.15, -0.1) is 0 Å². The lowest BCUT2D eigenvalue weighted by Gasteiger charge is -2.36. The summed E-state index contributed by atoms with van der Waals surface area (Å²) in [6.07, 6.45) is 0.317. The highest BCUT2D eigenvalue weighted by atomic mass is 16.5. The fourth-order valence-corrected chi connectivity index (χ4v) is 2.63. The van der Waals surface area contributed by atoms with Gasteiger partial charge in [0, 0.05) is 13.1 Å². The summed E-state index contributed by atoms with van der Waals surface area (Å²) in [6, 6.07) is 3.78. The maximum absolute atomic E-state index is 12.4. The second-order valence-corrected chi connectivity index (χ2v) is 5.63. The van der Waals surface area contributed by atoms with Crippen LogP contribution in [0.3, 0.4) is 0 Å². The molecule has 1 saturated heterocycles. The molecule has 2 unspecified atom stereocenters. The van der Waals surface area contributed by atoms with Gasteiger partial charge in [-0.2, -0.15) is 0 Å². The summed E-state index contributed by atoms with van der Waals surface area (Å²) in [5, 5.41) is 18.7. The first-order chi connectivity index (χ1) is 9.86. The molecule has 2 rings (SSSR count). The fourth-order valence-electron chi connectivity index (χ4n) is 2.63. The number of amides is 1. The average molecular weight is 294 g/mol. The number of phenolic OH excluding ortho intramolecular Hbond substituents is 2. The second kappa shape index (κ2) is 6.32. The van der Waals surface area contributed by atoms with Crippen molar-refractivity contribution in [1.82, 2.24) is 4.90 Å². The molecule has 116 valence electrons. The van der Waals surface area contributed by atoms with Gasteiger partial charge in [0.05, 0.1) is 18.2 Å². The molecule has 1 aromatic rings. The Bertz CT molecular complexity index is 510. The van der Waals surface area contributed by atoms with E-state index in [0.29, 0.717) is 25.1 Å². The topological polar surface area (TPSA) is 96.0 Å². The van der Waals surface area contributed by atoms with Crippen LogP contribution in [0.5, 0.6) is 11.5 Å². The van der Waals surface area contributed by atoms with Crippen LogP contribution in [0.15, 0.2) is 18.2 Å². The molecule has 1 aliphatic rings. The molecule has 0 spiro atoms. The first-order valence-electron chi connectivity index (χ1n) is 7.07. The van der Waals surface area contributed by atoms with Crippen molar-refractivity contribution in [3.63, 3.8) is 0 Å². The molecule has 1 aromatic carbocycles. The SMILES string of the molecule is CC1CN(C(=O)[C@@H](N)Cc2ccc(O)c(O)c2)CC(C)O1. The number of carbonyl (C=O) groups excluding carboxylic acids is 1. The summed E-state index contributed by atoms with van der Waals surface area (Å²) in [4.78, 5) is 14.1. The summed E-state index contributed by atoms with van der Waals surface area (Å²) in [5.41, 5.74) is 6.69. The predicted molar refractivity (Wildman–Crippen MR) is 78.0 cm³/mol. The van der Waals surface area contributed by atoms with E-state index in [2.05, 4.69) is 0 Å². The molecule has 1 aliphatic heterocycles. The molecular formula is C15H22N2O4. The molecule has 0 bridgehead atoms. The molecule has 6 heteroatoms. The zero-order valence-corrected chi connectivity index (χ0v) is 12.3. The summed E-state index contributed by atoms with van der Waals surface area (Å²) >= 11 is 0. The third-order valence-corrected chi connectivity index (χ3v) is 3.54. The first-order valence-corrected chi connectivity index (χ1v) is 7.07. The Kier molecular flexibility index (Phi) is 4.69. The Morgan fingerprint density at radius 1 is 1.33 bits per heavy atom. The monoisotopic (exact) mass is 294 g/mol. The number of nitrogens with zero attached hydrogens (tertiary/aromatic N) is 1. The van der Waals surface area contributed by atoms with Crippen molar-refractivity contribution < 1.29 is 19.7 Å². The third-order valence-electron chi connectivity index (χ3n) is 3.54. The minimum atomic E-state index is -0.675. The van der Waals surface area contributed by atoms with Crippen LogP contribution in [-0.2, 0) is 16.0 Å². The molecule has 0 aliphatic carbocycles. The van der Waals surface area contributed by atoms with Crippen LogP contribution >= 0.6 is 0 Å². The third kappa shape index (κ3) is 3.86. The molecule has 0 saturated carbocycles. The average Bonchev–Trinajstić information content (AvgIpc) is 2.41. The highest BCUT2D eigenvalue weighted by molar-refractivity contribution is 5.82. The van der Waals surface area contributed by atoms with Gasteiger partial charge in [-0.1, -0.05) is 6.07 Å². The Morgan fingerprint density at radius 2 is 1.95 bits per heavy atom. The molecule has 4 N–H and O–H groups in total. The number of aromatic hydroxyl groups is 2. The van der Waals surface area contributed by atoms with Crippen molar-refractivity contribution in [2.75, 3.05) is 13.1 Å². The lowest BCUT2D eigenvalue weighted by Crippen LogP contribution is -2.53. The molecule has 21 heavy (non-hydrogen) atoms. The van der Waals surface area contributed by atoms with Crippen LogP contribution < -0.4 is 5.73 Å². The molecule has 0 aromatic heterocycles. The zero-order chi connectivity index (χ0) is 15.6. The van der Waals surface area contributed by atoms with E-state index in [1.54, 1.807) is 11.0 Å². The van der Waals surface area contributed by atoms with Gasteiger partial charge in [-0.3, -0.25) is 4.79 Å². The van der Waals surface area contributed by atoms with Gasteiger partial charge in [0.1, 0.15) is 0 Å². The van der Waals surface area contributed by atoms with Crippen molar-refractivity contribution in [3.05, 3.63) is 23.8 Å². The van der Waals surface area contributed by atoms with Gasteiger partial charge < -0.3 is 25.6 Å². The van der Waals surface area contributed by atoms with Gasteiger partial charge in [0.15, 0.2) is 11.5 Å². The molecule has 0 radical (unpaired) electrons. The van der Waals surface area contributed by atoms with E-state index in [1.807, 2.05) is 13.8 Å². The van der Waals surface area contributed by atoms with Crippen LogP contribution in [0.4, 0.5) is 0 Å². The summed E-state index contributed by atoms with van der Waals surface area (Å²) in [7, 11) is 0. The Balaban J connectivity index is 2.00. The second-order valence-electron chi connectivity index (χ2n) is 5.63. The Morgan fingerprint density at radius 3 is 2.52 bits per heavy atom. The summed E-state index contributed by atoms with van der Waals surface area (Å²) < 4.78 is 5.60. The van der Waals surface area contributed by atoms with Crippen molar-refractivity contribution in [2.24, 2.45) is 5.73 Å². The van der Waals surface area contributed by atoms with E-state index in [0.717, 1.165) is 0 Å². The molecule has 1 amide bonds. The number of morpholine rings is 1. The van der Waals surface area contributed by atoms with Crippen molar-refractivity contribution >= 4 is 5.91 Å². The minimum Gasteiger partial charge on any atom is -0.504 e. The van der Waals surface area contributed by atoms with Gasteiger partial charge in [-0.25, -0.2) is 0 Å². The lowest BCUT2D eigenvalue weighted by atomic mass is 10.0. The standard InChI is InChI=1S/C15H22N2O4/c1-9-7-17(8-10(2)21-9)15(20)12(16)5-11-3-4-13(18)14(19)6-11/h3-4,6,9-10,12,18-19H,5,7-8,16H2,1-2H3/t9?,10?,12-/m0/s1. The maximum Gasteiger partial charge on any atom is 0.240 e. The lowest BCUT2D eigenvalue weighted by molar-refractivity contribution is -0.144. The van der Waals surface area contributed by atoms with E-state index in [-0.39, 0.29) is 29.6 Å². The number of rotatable bonds is 3. The van der Waals surface area contributed by atoms with E-state index < -0.39 is 6.04 Å². The summed E-state index contributed by atoms with van der Waals surface area (Å²) in [5.74, 6) is -0.514. The van der Waals surface area contributed by atoms with Gasteiger partial charge >= 0.3 is 0 Å². The Labute approximate surface area is 124 Å². The highest BCUT2D eigenvalue weighted by Gasteiger charge is 2.29. The Hall–Kier alpha value is -1.79. The van der Waals surface area contributed by atoms with Crippen molar-refractivity contribution in [1.29, 1.82) is 0 Å². The van der Waals surface area contributed by atoms with E-state index >= 15 is 0 Å². The summed E-state index contributed by atoms with van der Waals surface area (Å²) in [6.45, 7) is 4.94. The number of phenols is 2. The van der Waals surface area contributed by atoms with Crippen molar-refractivity contribution in [3.8, 4) is 11.5 Å². The zero-order valence-electron chi connectivity index (χ0n) is 12.3. The van der Waals surface area contributed by atoms with E-state index in [4.69, 9.17) is 10.5 Å². The largest absolute Gasteiger partial charge is 0.504 e. The maximum atomic E-state index is 12.4. The van der Waals surface area contributed by atoms with E-state index in [1.165, 1.54) is 12.1 Å². The number of carbonyl (C=O) groups is 1. The van der Waals surface area contributed by atoms with E-state index in [9.17, 15) is 15.0 Å². The van der Waals surface area contributed by atoms with Crippen LogP contribution in [0.1, 0.15) is 19.4 Å². The molecule has 6 nitrogen and oxygen atoms in total. The van der Waals surface area contributed by atoms with Crippen molar-refractivity contribution in [2.45, 2.75) is 38.5 Å². The van der Waals surface area contributed by atoms with Gasteiger partial charge in [-0.05, 0) is 38.0 Å². The predicted octanol–water partition coefficient (Wildman–Crippen LogP) is 0.603. The molecule has 1 fully saturated rings. The first kappa shape index (κ1) is 15.6. The van der Waals surface area contributed by atoms with Gasteiger partial charge in [0.25, 0.3) is 0 Å². The fraction of sp³-hybridized carbons (Fsp3) is 0.533.